The van der Waals surface area contributed by atoms with E-state index in [9.17, 15) is 0 Å². The highest BCUT2D eigenvalue weighted by Gasteiger charge is 2.20. The van der Waals surface area contributed by atoms with E-state index >= 15 is 0 Å². The van der Waals surface area contributed by atoms with Gasteiger partial charge in [-0.15, -0.1) is 0 Å². The van der Waals surface area contributed by atoms with Crippen LogP contribution in [0.15, 0.2) is 0 Å². The third-order valence-corrected chi connectivity index (χ3v) is 3.57. The Balaban J connectivity index is 2.06. The van der Waals surface area contributed by atoms with Crippen LogP contribution in [0.5, 0.6) is 0 Å². The fourth-order valence-electron chi connectivity index (χ4n) is 2.65. The Morgan fingerprint density at radius 2 is 2.12 bits per heavy atom. The molecule has 3 nitrogen and oxygen atoms in total. The molecule has 17 heavy (non-hydrogen) atoms. The first-order valence-corrected chi connectivity index (χ1v) is 7.41. The molecule has 1 unspecified atom stereocenters. The number of ether oxygens (including phenoxy) is 1. The zero-order valence-electron chi connectivity index (χ0n) is 11.7. The van der Waals surface area contributed by atoms with Crippen LogP contribution in [0.3, 0.4) is 0 Å². The van der Waals surface area contributed by atoms with E-state index in [0.29, 0.717) is 0 Å². The van der Waals surface area contributed by atoms with Crippen LogP contribution < -0.4 is 5.32 Å². The van der Waals surface area contributed by atoms with E-state index < -0.39 is 0 Å². The summed E-state index contributed by atoms with van der Waals surface area (Å²) in [5.74, 6) is 0. The Kier molecular flexibility index (Phi) is 8.67. The van der Waals surface area contributed by atoms with E-state index in [1.54, 1.807) is 0 Å². The smallest absolute Gasteiger partial charge is 0.0590 e. The summed E-state index contributed by atoms with van der Waals surface area (Å²) in [5.41, 5.74) is 0. The second-order valence-electron chi connectivity index (χ2n) is 4.92. The van der Waals surface area contributed by atoms with E-state index in [4.69, 9.17) is 4.74 Å². The number of hydrogen-bond acceptors (Lipinski definition) is 3. The molecule has 0 spiro atoms. The van der Waals surface area contributed by atoms with E-state index in [1.807, 2.05) is 6.92 Å². The van der Waals surface area contributed by atoms with Crippen molar-refractivity contribution in [2.45, 2.75) is 52.0 Å². The predicted octanol–water partition coefficient (Wildman–Crippen LogP) is 2.27. The van der Waals surface area contributed by atoms with Crippen LogP contribution in [0.25, 0.3) is 0 Å². The Hall–Kier alpha value is -0.120. The lowest BCUT2D eigenvalue weighted by molar-refractivity contribution is 0.132. The first-order valence-electron chi connectivity index (χ1n) is 7.41. The van der Waals surface area contributed by atoms with E-state index in [2.05, 4.69) is 17.1 Å². The molecule has 102 valence electrons. The zero-order chi connectivity index (χ0) is 12.3. The zero-order valence-corrected chi connectivity index (χ0v) is 11.7. The molecule has 0 aromatic rings. The SMILES string of the molecule is CCCC1CCCCN1CCNCCOCC. The normalized spacial score (nSPS) is 21.9. The minimum absolute atomic E-state index is 0.826. The summed E-state index contributed by atoms with van der Waals surface area (Å²) in [6, 6.07) is 0.849. The lowest BCUT2D eigenvalue weighted by Crippen LogP contribution is -2.43. The molecule has 0 bridgehead atoms. The Bertz CT molecular complexity index is 174. The molecule has 1 aliphatic heterocycles. The van der Waals surface area contributed by atoms with Gasteiger partial charge in [0.2, 0.25) is 0 Å². The van der Waals surface area contributed by atoms with Crippen molar-refractivity contribution in [3.63, 3.8) is 0 Å². The highest BCUT2D eigenvalue weighted by Crippen LogP contribution is 2.19. The summed E-state index contributed by atoms with van der Waals surface area (Å²) in [5, 5.41) is 3.46. The predicted molar refractivity (Wildman–Crippen MR) is 73.5 cm³/mol. The van der Waals surface area contributed by atoms with Crippen molar-refractivity contribution in [1.82, 2.24) is 10.2 Å². The monoisotopic (exact) mass is 242 g/mol. The maximum absolute atomic E-state index is 5.31. The van der Waals surface area contributed by atoms with Crippen molar-refractivity contribution in [3.8, 4) is 0 Å². The standard InChI is InChI=1S/C14H30N2O/c1-3-7-14-8-5-6-11-16(14)12-9-15-10-13-17-4-2/h14-15H,3-13H2,1-2H3. The van der Waals surface area contributed by atoms with Gasteiger partial charge in [-0.3, -0.25) is 4.90 Å². The van der Waals surface area contributed by atoms with Gasteiger partial charge < -0.3 is 10.1 Å². The van der Waals surface area contributed by atoms with Crippen molar-refractivity contribution in [2.24, 2.45) is 0 Å². The minimum atomic E-state index is 0.826. The fourth-order valence-corrected chi connectivity index (χ4v) is 2.65. The van der Waals surface area contributed by atoms with Gasteiger partial charge in [-0.2, -0.15) is 0 Å². The average Bonchev–Trinajstić information content (AvgIpc) is 2.36. The molecule has 1 atom stereocenters. The van der Waals surface area contributed by atoms with E-state index in [1.165, 1.54) is 45.2 Å². The van der Waals surface area contributed by atoms with Crippen LogP contribution in [0.4, 0.5) is 0 Å². The average molecular weight is 242 g/mol. The summed E-state index contributed by atoms with van der Waals surface area (Å²) >= 11 is 0. The van der Waals surface area contributed by atoms with Gasteiger partial charge in [0, 0.05) is 32.3 Å². The largest absolute Gasteiger partial charge is 0.380 e. The Labute approximate surface area is 107 Å². The van der Waals surface area contributed by atoms with Gasteiger partial charge >= 0.3 is 0 Å². The molecule has 1 rings (SSSR count). The second-order valence-corrected chi connectivity index (χ2v) is 4.92. The topological polar surface area (TPSA) is 24.5 Å². The van der Waals surface area contributed by atoms with Gasteiger partial charge in [0.1, 0.15) is 0 Å². The van der Waals surface area contributed by atoms with Gasteiger partial charge in [-0.05, 0) is 32.7 Å². The van der Waals surface area contributed by atoms with Crippen LogP contribution in [0, 0.1) is 0 Å². The number of likely N-dealkylation sites (tertiary alicyclic amines) is 1. The number of piperidine rings is 1. The molecule has 0 aliphatic carbocycles. The van der Waals surface area contributed by atoms with Gasteiger partial charge in [0.05, 0.1) is 6.61 Å². The molecule has 1 aliphatic rings. The number of rotatable bonds is 9. The lowest BCUT2D eigenvalue weighted by Gasteiger charge is -2.35. The van der Waals surface area contributed by atoms with Crippen molar-refractivity contribution in [1.29, 1.82) is 0 Å². The molecule has 1 saturated heterocycles. The molecule has 0 amide bonds. The quantitative estimate of drug-likeness (QED) is 0.628. The Morgan fingerprint density at radius 3 is 2.88 bits per heavy atom. The van der Waals surface area contributed by atoms with Gasteiger partial charge in [0.15, 0.2) is 0 Å². The summed E-state index contributed by atoms with van der Waals surface area (Å²) < 4.78 is 5.31. The number of hydrogen-bond donors (Lipinski definition) is 1. The maximum atomic E-state index is 5.31. The summed E-state index contributed by atoms with van der Waals surface area (Å²) in [6.07, 6.45) is 6.92. The molecule has 3 heteroatoms. The highest BCUT2D eigenvalue weighted by molar-refractivity contribution is 4.76. The molecule has 1 fully saturated rings. The van der Waals surface area contributed by atoms with E-state index in [0.717, 1.165) is 32.3 Å². The molecule has 0 radical (unpaired) electrons. The molecule has 0 aromatic heterocycles. The van der Waals surface area contributed by atoms with Crippen molar-refractivity contribution < 1.29 is 4.74 Å². The van der Waals surface area contributed by atoms with Gasteiger partial charge in [-0.25, -0.2) is 0 Å². The summed E-state index contributed by atoms with van der Waals surface area (Å²) in [7, 11) is 0. The molecule has 1 heterocycles. The summed E-state index contributed by atoms with van der Waals surface area (Å²) in [4.78, 5) is 2.68. The molecule has 0 aromatic carbocycles. The number of nitrogens with zero attached hydrogens (tertiary/aromatic N) is 1. The van der Waals surface area contributed by atoms with Gasteiger partial charge in [-0.1, -0.05) is 19.8 Å². The van der Waals surface area contributed by atoms with Crippen molar-refractivity contribution >= 4 is 0 Å². The first kappa shape index (κ1) is 14.9. The first-order chi connectivity index (χ1) is 8.38. The molecular formula is C14H30N2O. The lowest BCUT2D eigenvalue weighted by atomic mass is 9.98. The highest BCUT2D eigenvalue weighted by atomic mass is 16.5. The van der Waals surface area contributed by atoms with Crippen molar-refractivity contribution in [3.05, 3.63) is 0 Å². The van der Waals surface area contributed by atoms with Crippen LogP contribution >= 0.6 is 0 Å². The van der Waals surface area contributed by atoms with Crippen LogP contribution in [0.1, 0.15) is 46.0 Å². The van der Waals surface area contributed by atoms with Crippen LogP contribution in [0.2, 0.25) is 0 Å². The third kappa shape index (κ3) is 6.39. The Morgan fingerprint density at radius 1 is 1.24 bits per heavy atom. The van der Waals surface area contributed by atoms with Crippen LogP contribution in [-0.2, 0) is 4.74 Å². The minimum Gasteiger partial charge on any atom is -0.380 e. The molecule has 0 saturated carbocycles. The third-order valence-electron chi connectivity index (χ3n) is 3.57. The van der Waals surface area contributed by atoms with Crippen LogP contribution in [-0.4, -0.2) is 50.3 Å². The molecule has 1 N–H and O–H groups in total. The molecular weight excluding hydrogens is 212 g/mol. The summed E-state index contributed by atoms with van der Waals surface area (Å²) in [6.45, 7) is 10.6. The second kappa shape index (κ2) is 9.86. The number of nitrogens with one attached hydrogen (secondary N) is 1. The van der Waals surface area contributed by atoms with Gasteiger partial charge in [0.25, 0.3) is 0 Å². The maximum Gasteiger partial charge on any atom is 0.0590 e. The fraction of sp³-hybridized carbons (Fsp3) is 1.00. The van der Waals surface area contributed by atoms with Crippen molar-refractivity contribution in [2.75, 3.05) is 39.4 Å². The van der Waals surface area contributed by atoms with E-state index in [-0.39, 0.29) is 0 Å².